The zero-order chi connectivity index (χ0) is 19.6. The van der Waals surface area contributed by atoms with Crippen LogP contribution in [0.15, 0.2) is 24.3 Å². The average molecular weight is 390 g/mol. The molecule has 1 aromatic heterocycles. The number of amides is 1. The van der Waals surface area contributed by atoms with E-state index in [9.17, 15) is 9.59 Å². The number of hydrogen-bond donors (Lipinski definition) is 1. The molecule has 1 saturated heterocycles. The number of anilines is 1. The molecule has 0 unspecified atom stereocenters. The van der Waals surface area contributed by atoms with E-state index in [1.807, 2.05) is 29.2 Å². The van der Waals surface area contributed by atoms with E-state index in [4.69, 9.17) is 16.3 Å². The molecule has 2 heterocycles. The molecule has 3 rings (SSSR count). The fraction of sp³-hybridized carbons (Fsp3) is 0.400. The van der Waals surface area contributed by atoms with Crippen molar-refractivity contribution in [1.82, 2.24) is 9.88 Å². The Morgan fingerprint density at radius 3 is 2.52 bits per heavy atom. The highest BCUT2D eigenvalue weighted by Crippen LogP contribution is 2.23. The van der Waals surface area contributed by atoms with Crippen molar-refractivity contribution in [3.63, 3.8) is 0 Å². The van der Waals surface area contributed by atoms with Crippen molar-refractivity contribution < 1.29 is 14.3 Å². The molecule has 1 amide bonds. The molecule has 1 fully saturated rings. The molecule has 2 aromatic rings. The topological polar surface area (TPSA) is 65.6 Å². The molecule has 7 heteroatoms. The van der Waals surface area contributed by atoms with Crippen LogP contribution in [-0.4, -0.2) is 54.5 Å². The zero-order valence-electron chi connectivity index (χ0n) is 15.8. The third kappa shape index (κ3) is 3.95. The minimum Gasteiger partial charge on any atom is -0.462 e. The second-order valence-corrected chi connectivity index (χ2v) is 7.04. The average Bonchev–Trinajstić information content (AvgIpc) is 2.96. The van der Waals surface area contributed by atoms with Crippen LogP contribution in [0.25, 0.3) is 0 Å². The summed E-state index contributed by atoms with van der Waals surface area (Å²) < 4.78 is 5.10. The van der Waals surface area contributed by atoms with Gasteiger partial charge in [0.05, 0.1) is 12.2 Å². The number of aromatic amines is 1. The molecule has 0 saturated carbocycles. The third-order valence-corrected chi connectivity index (χ3v) is 5.11. The van der Waals surface area contributed by atoms with Crippen LogP contribution in [0, 0.1) is 13.8 Å². The number of piperazine rings is 1. The summed E-state index contributed by atoms with van der Waals surface area (Å²) in [4.78, 5) is 32.2. The monoisotopic (exact) mass is 389 g/mol. The minimum atomic E-state index is -0.395. The number of rotatable bonds is 4. The fourth-order valence-corrected chi connectivity index (χ4v) is 3.66. The van der Waals surface area contributed by atoms with Crippen molar-refractivity contribution in [3.05, 3.63) is 51.8 Å². The molecule has 0 bridgehead atoms. The lowest BCUT2D eigenvalue weighted by atomic mass is 10.1. The molecule has 1 aliphatic rings. The highest BCUT2D eigenvalue weighted by atomic mass is 35.5. The Bertz CT molecular complexity index is 854. The van der Waals surface area contributed by atoms with Gasteiger partial charge in [-0.3, -0.25) is 4.79 Å². The summed E-state index contributed by atoms with van der Waals surface area (Å²) in [5, 5.41) is 0.704. The maximum absolute atomic E-state index is 13.0. The molecule has 6 nitrogen and oxygen atoms in total. The van der Waals surface area contributed by atoms with E-state index in [2.05, 4.69) is 9.88 Å². The summed E-state index contributed by atoms with van der Waals surface area (Å²) in [7, 11) is 0. The molecule has 0 atom stereocenters. The van der Waals surface area contributed by atoms with E-state index in [0.717, 1.165) is 18.8 Å². The van der Waals surface area contributed by atoms with E-state index in [1.54, 1.807) is 20.8 Å². The van der Waals surface area contributed by atoms with Gasteiger partial charge in [-0.2, -0.15) is 0 Å². The van der Waals surface area contributed by atoms with Gasteiger partial charge < -0.3 is 19.5 Å². The Morgan fingerprint density at radius 1 is 1.19 bits per heavy atom. The Labute approximate surface area is 164 Å². The number of esters is 1. The van der Waals surface area contributed by atoms with Gasteiger partial charge in [0.15, 0.2) is 0 Å². The summed E-state index contributed by atoms with van der Waals surface area (Å²) in [5.41, 5.74) is 3.29. The number of carbonyl (C=O) groups excluding carboxylic acids is 2. The van der Waals surface area contributed by atoms with Crippen molar-refractivity contribution in [2.45, 2.75) is 20.8 Å². The number of halogens is 1. The summed E-state index contributed by atoms with van der Waals surface area (Å²) in [5.74, 6) is -0.481. The van der Waals surface area contributed by atoms with Crippen molar-refractivity contribution in [2.75, 3.05) is 37.7 Å². The second-order valence-electron chi connectivity index (χ2n) is 6.60. The molecule has 0 aliphatic carbocycles. The molecule has 0 spiro atoms. The normalized spacial score (nSPS) is 14.4. The summed E-state index contributed by atoms with van der Waals surface area (Å²) >= 11 is 6.07. The molecule has 144 valence electrons. The number of H-pyrrole nitrogens is 1. The number of nitrogens with one attached hydrogen (secondary N) is 1. The SMILES string of the molecule is CCOC(=O)c1c(C)[nH]c(C(=O)N2CCN(c3cccc(Cl)c3)CC2)c1C. The summed E-state index contributed by atoms with van der Waals surface area (Å²) in [6.45, 7) is 8.32. The first-order valence-electron chi connectivity index (χ1n) is 9.08. The molecule has 1 aromatic carbocycles. The number of benzene rings is 1. The molecule has 27 heavy (non-hydrogen) atoms. The second kappa shape index (κ2) is 8.05. The van der Waals surface area contributed by atoms with Crippen LogP contribution in [0.1, 0.15) is 39.0 Å². The Hall–Kier alpha value is -2.47. The summed E-state index contributed by atoms with van der Waals surface area (Å²) in [6, 6.07) is 7.73. The van der Waals surface area contributed by atoms with E-state index in [-0.39, 0.29) is 5.91 Å². The van der Waals surface area contributed by atoms with Crippen LogP contribution < -0.4 is 4.90 Å². The van der Waals surface area contributed by atoms with Gasteiger partial charge in [0.25, 0.3) is 5.91 Å². The number of carbonyl (C=O) groups is 2. The maximum atomic E-state index is 13.0. The van der Waals surface area contributed by atoms with Gasteiger partial charge in [-0.1, -0.05) is 17.7 Å². The highest BCUT2D eigenvalue weighted by molar-refractivity contribution is 6.30. The molecular weight excluding hydrogens is 366 g/mol. The lowest BCUT2D eigenvalue weighted by Gasteiger charge is -2.36. The van der Waals surface area contributed by atoms with Crippen LogP contribution in [0.2, 0.25) is 5.02 Å². The van der Waals surface area contributed by atoms with E-state index >= 15 is 0 Å². The standard InChI is InChI=1S/C20H24ClN3O3/c1-4-27-20(26)17-13(2)18(22-14(17)3)19(25)24-10-8-23(9-11-24)16-7-5-6-15(21)12-16/h5-7,12,22H,4,8-11H2,1-3H3. The number of hydrogen-bond acceptors (Lipinski definition) is 4. The van der Waals surface area contributed by atoms with Gasteiger partial charge in [-0.05, 0) is 44.5 Å². The van der Waals surface area contributed by atoms with Crippen LogP contribution in [0.5, 0.6) is 0 Å². The first kappa shape index (κ1) is 19.3. The van der Waals surface area contributed by atoms with Gasteiger partial charge in [0.2, 0.25) is 0 Å². The van der Waals surface area contributed by atoms with Gasteiger partial charge in [0.1, 0.15) is 5.69 Å². The molecular formula is C20H24ClN3O3. The number of ether oxygens (including phenoxy) is 1. The van der Waals surface area contributed by atoms with Crippen LogP contribution in [0.3, 0.4) is 0 Å². The smallest absolute Gasteiger partial charge is 0.340 e. The highest BCUT2D eigenvalue weighted by Gasteiger charge is 2.28. The zero-order valence-corrected chi connectivity index (χ0v) is 16.6. The Morgan fingerprint density at radius 2 is 1.89 bits per heavy atom. The molecule has 0 radical (unpaired) electrons. The minimum absolute atomic E-state index is 0.0862. The van der Waals surface area contributed by atoms with Gasteiger partial charge in [-0.15, -0.1) is 0 Å². The summed E-state index contributed by atoms with van der Waals surface area (Å²) in [6.07, 6.45) is 0. The van der Waals surface area contributed by atoms with Gasteiger partial charge in [-0.25, -0.2) is 4.79 Å². The lowest BCUT2D eigenvalue weighted by molar-refractivity contribution is 0.0525. The number of aryl methyl sites for hydroxylation is 1. The predicted molar refractivity (Wildman–Crippen MR) is 106 cm³/mol. The first-order valence-corrected chi connectivity index (χ1v) is 9.46. The predicted octanol–water partition coefficient (Wildman–Crippen LogP) is 3.42. The number of aromatic nitrogens is 1. The van der Waals surface area contributed by atoms with Crippen LogP contribution >= 0.6 is 11.6 Å². The van der Waals surface area contributed by atoms with Crippen molar-refractivity contribution in [2.24, 2.45) is 0 Å². The first-order chi connectivity index (χ1) is 12.9. The van der Waals surface area contributed by atoms with Crippen molar-refractivity contribution >= 4 is 29.2 Å². The fourth-order valence-electron chi connectivity index (χ4n) is 3.47. The molecule has 1 N–H and O–H groups in total. The number of nitrogens with zero attached hydrogens (tertiary/aromatic N) is 2. The van der Waals surface area contributed by atoms with E-state index < -0.39 is 5.97 Å². The maximum Gasteiger partial charge on any atom is 0.340 e. The lowest BCUT2D eigenvalue weighted by Crippen LogP contribution is -2.49. The van der Waals surface area contributed by atoms with Crippen molar-refractivity contribution in [1.29, 1.82) is 0 Å². The van der Waals surface area contributed by atoms with E-state index in [0.29, 0.717) is 47.2 Å². The Kier molecular flexibility index (Phi) is 5.75. The quantitative estimate of drug-likeness (QED) is 0.813. The van der Waals surface area contributed by atoms with Crippen molar-refractivity contribution in [3.8, 4) is 0 Å². The van der Waals surface area contributed by atoms with E-state index in [1.165, 1.54) is 0 Å². The third-order valence-electron chi connectivity index (χ3n) is 4.87. The Balaban J connectivity index is 1.71. The van der Waals surface area contributed by atoms with Crippen LogP contribution in [-0.2, 0) is 4.74 Å². The van der Waals surface area contributed by atoms with Crippen LogP contribution in [0.4, 0.5) is 5.69 Å². The van der Waals surface area contributed by atoms with Gasteiger partial charge in [0, 0.05) is 42.6 Å². The molecule has 1 aliphatic heterocycles. The largest absolute Gasteiger partial charge is 0.462 e. The van der Waals surface area contributed by atoms with Gasteiger partial charge >= 0.3 is 5.97 Å².